The number of likely N-dealkylation sites (N-methyl/N-ethyl adjacent to an activating group) is 1. The molecule has 1 atom stereocenters. The van der Waals surface area contributed by atoms with Gasteiger partial charge in [0.15, 0.2) is 0 Å². The molecule has 0 saturated carbocycles. The molecule has 2 aliphatic rings. The van der Waals surface area contributed by atoms with Crippen LogP contribution < -0.4 is 10.6 Å². The van der Waals surface area contributed by atoms with E-state index in [4.69, 9.17) is 4.74 Å². The van der Waals surface area contributed by atoms with Crippen LogP contribution in [0.1, 0.15) is 25.7 Å². The highest BCUT2D eigenvalue weighted by Gasteiger charge is 2.32. The highest BCUT2D eigenvalue weighted by Crippen LogP contribution is 2.19. The van der Waals surface area contributed by atoms with Gasteiger partial charge in [-0.3, -0.25) is 9.59 Å². The Labute approximate surface area is 120 Å². The summed E-state index contributed by atoms with van der Waals surface area (Å²) in [5, 5.41) is 5.93. The third kappa shape index (κ3) is 3.93. The number of amides is 2. The van der Waals surface area contributed by atoms with Crippen LogP contribution in [-0.2, 0) is 14.3 Å². The van der Waals surface area contributed by atoms with Crippen molar-refractivity contribution in [3.05, 3.63) is 0 Å². The molecule has 0 aliphatic carbocycles. The van der Waals surface area contributed by atoms with Gasteiger partial charge in [-0.25, -0.2) is 0 Å². The minimum absolute atomic E-state index is 0.0837. The summed E-state index contributed by atoms with van der Waals surface area (Å²) >= 11 is 0. The second-order valence-electron chi connectivity index (χ2n) is 5.52. The summed E-state index contributed by atoms with van der Waals surface area (Å²) < 4.78 is 5.32. The van der Waals surface area contributed by atoms with E-state index >= 15 is 0 Å². The first-order valence-corrected chi connectivity index (χ1v) is 7.52. The lowest BCUT2D eigenvalue weighted by atomic mass is 9.93. The van der Waals surface area contributed by atoms with Gasteiger partial charge in [-0.05, 0) is 38.3 Å². The topological polar surface area (TPSA) is 70.7 Å². The van der Waals surface area contributed by atoms with Crippen molar-refractivity contribution in [2.24, 2.45) is 5.92 Å². The van der Waals surface area contributed by atoms with E-state index in [2.05, 4.69) is 10.6 Å². The van der Waals surface area contributed by atoms with Crippen molar-refractivity contribution < 1.29 is 14.3 Å². The largest absolute Gasteiger partial charge is 0.377 e. The predicted molar refractivity (Wildman–Crippen MR) is 75.2 cm³/mol. The first-order valence-electron chi connectivity index (χ1n) is 7.52. The molecule has 0 bridgehead atoms. The molecule has 0 aromatic rings. The molecule has 2 fully saturated rings. The fraction of sp³-hybridized carbons (Fsp3) is 0.857. The zero-order chi connectivity index (χ0) is 14.4. The number of hydrogen-bond acceptors (Lipinski definition) is 4. The standard InChI is InChI=1S/C14H25N3O3/c1-15-14(19)12-10-20-9-8-17(12)13(18)3-2-11-4-6-16-7-5-11/h11-12,16H,2-10H2,1H3,(H,15,19). The Kier molecular flexibility index (Phi) is 5.79. The Hall–Kier alpha value is -1.14. The summed E-state index contributed by atoms with van der Waals surface area (Å²) in [6.07, 6.45) is 3.76. The molecule has 2 N–H and O–H groups in total. The van der Waals surface area contributed by atoms with Gasteiger partial charge in [0.25, 0.3) is 0 Å². The second kappa shape index (κ2) is 7.59. The molecule has 2 amide bonds. The molecule has 2 heterocycles. The van der Waals surface area contributed by atoms with Crippen LogP contribution in [0.25, 0.3) is 0 Å². The fourth-order valence-corrected chi connectivity index (χ4v) is 2.93. The average Bonchev–Trinajstić information content (AvgIpc) is 2.52. The molecular formula is C14H25N3O3. The lowest BCUT2D eigenvalue weighted by Crippen LogP contribution is -2.55. The smallest absolute Gasteiger partial charge is 0.244 e. The van der Waals surface area contributed by atoms with Crippen molar-refractivity contribution in [1.29, 1.82) is 0 Å². The summed E-state index contributed by atoms with van der Waals surface area (Å²) in [6, 6.07) is -0.464. The maximum Gasteiger partial charge on any atom is 0.244 e. The molecule has 2 rings (SSSR count). The molecule has 0 aromatic carbocycles. The number of carbonyl (C=O) groups is 2. The number of rotatable bonds is 4. The summed E-state index contributed by atoms with van der Waals surface area (Å²) in [5.41, 5.74) is 0. The van der Waals surface area contributed by atoms with Gasteiger partial charge >= 0.3 is 0 Å². The van der Waals surface area contributed by atoms with Crippen LogP contribution in [-0.4, -0.2) is 62.7 Å². The van der Waals surface area contributed by atoms with Crippen molar-refractivity contribution >= 4 is 11.8 Å². The van der Waals surface area contributed by atoms with E-state index in [0.29, 0.717) is 32.1 Å². The molecular weight excluding hydrogens is 258 g/mol. The molecule has 20 heavy (non-hydrogen) atoms. The quantitative estimate of drug-likeness (QED) is 0.746. The maximum atomic E-state index is 12.3. The number of nitrogens with one attached hydrogen (secondary N) is 2. The number of piperidine rings is 1. The zero-order valence-corrected chi connectivity index (χ0v) is 12.2. The van der Waals surface area contributed by atoms with Gasteiger partial charge in [0.1, 0.15) is 6.04 Å². The minimum atomic E-state index is -0.464. The van der Waals surface area contributed by atoms with Crippen molar-refractivity contribution in [3.8, 4) is 0 Å². The number of ether oxygens (including phenoxy) is 1. The van der Waals surface area contributed by atoms with E-state index in [-0.39, 0.29) is 11.8 Å². The summed E-state index contributed by atoms with van der Waals surface area (Å²) in [7, 11) is 1.59. The first kappa shape index (κ1) is 15.3. The van der Waals surface area contributed by atoms with Crippen LogP contribution in [0.3, 0.4) is 0 Å². The van der Waals surface area contributed by atoms with Gasteiger partial charge in [-0.1, -0.05) is 0 Å². The SMILES string of the molecule is CNC(=O)C1COCCN1C(=O)CCC1CCNCC1. The van der Waals surface area contributed by atoms with Gasteiger partial charge in [-0.15, -0.1) is 0 Å². The molecule has 1 unspecified atom stereocenters. The molecule has 6 heteroatoms. The highest BCUT2D eigenvalue weighted by atomic mass is 16.5. The van der Waals surface area contributed by atoms with Crippen molar-refractivity contribution in [2.45, 2.75) is 31.7 Å². The van der Waals surface area contributed by atoms with E-state index < -0.39 is 6.04 Å². The van der Waals surface area contributed by atoms with Gasteiger partial charge < -0.3 is 20.3 Å². The Morgan fingerprint density at radius 2 is 2.10 bits per heavy atom. The first-order chi connectivity index (χ1) is 9.72. The van der Waals surface area contributed by atoms with E-state index in [0.717, 1.165) is 32.4 Å². The monoisotopic (exact) mass is 283 g/mol. The average molecular weight is 283 g/mol. The van der Waals surface area contributed by atoms with Gasteiger partial charge in [0.05, 0.1) is 13.2 Å². The Morgan fingerprint density at radius 1 is 1.35 bits per heavy atom. The Morgan fingerprint density at radius 3 is 2.80 bits per heavy atom. The Bertz CT molecular complexity index is 343. The van der Waals surface area contributed by atoms with Gasteiger partial charge in [-0.2, -0.15) is 0 Å². The van der Waals surface area contributed by atoms with E-state index in [9.17, 15) is 9.59 Å². The molecule has 0 aromatic heterocycles. The van der Waals surface area contributed by atoms with E-state index in [1.165, 1.54) is 0 Å². The number of nitrogens with zero attached hydrogens (tertiary/aromatic N) is 1. The lowest BCUT2D eigenvalue weighted by molar-refractivity contribution is -0.148. The van der Waals surface area contributed by atoms with Crippen LogP contribution in [0.2, 0.25) is 0 Å². The van der Waals surface area contributed by atoms with Crippen molar-refractivity contribution in [3.63, 3.8) is 0 Å². The molecule has 2 saturated heterocycles. The number of hydrogen-bond donors (Lipinski definition) is 2. The summed E-state index contributed by atoms with van der Waals surface area (Å²) in [5.74, 6) is 0.583. The van der Waals surface area contributed by atoms with Crippen LogP contribution >= 0.6 is 0 Å². The van der Waals surface area contributed by atoms with Crippen LogP contribution in [0.15, 0.2) is 0 Å². The van der Waals surface area contributed by atoms with Gasteiger partial charge in [0.2, 0.25) is 11.8 Å². The molecule has 0 radical (unpaired) electrons. The fourth-order valence-electron chi connectivity index (χ4n) is 2.93. The van der Waals surface area contributed by atoms with Gasteiger partial charge in [0, 0.05) is 20.0 Å². The predicted octanol–water partition coefficient (Wildman–Crippen LogP) is -0.260. The maximum absolute atomic E-state index is 12.3. The van der Waals surface area contributed by atoms with Crippen LogP contribution in [0.5, 0.6) is 0 Å². The zero-order valence-electron chi connectivity index (χ0n) is 12.2. The number of morpholine rings is 1. The normalized spacial score (nSPS) is 24.4. The molecule has 2 aliphatic heterocycles. The summed E-state index contributed by atoms with van der Waals surface area (Å²) in [4.78, 5) is 25.8. The lowest BCUT2D eigenvalue weighted by Gasteiger charge is -2.34. The third-order valence-corrected chi connectivity index (χ3v) is 4.22. The third-order valence-electron chi connectivity index (χ3n) is 4.22. The van der Waals surface area contributed by atoms with Crippen molar-refractivity contribution in [1.82, 2.24) is 15.5 Å². The second-order valence-corrected chi connectivity index (χ2v) is 5.52. The molecule has 114 valence electrons. The van der Waals surface area contributed by atoms with Crippen LogP contribution in [0, 0.1) is 5.92 Å². The summed E-state index contributed by atoms with van der Waals surface area (Å²) in [6.45, 7) is 3.45. The van der Waals surface area contributed by atoms with Crippen molar-refractivity contribution in [2.75, 3.05) is 39.9 Å². The van der Waals surface area contributed by atoms with E-state index in [1.54, 1.807) is 11.9 Å². The molecule has 6 nitrogen and oxygen atoms in total. The van der Waals surface area contributed by atoms with E-state index in [1.807, 2.05) is 0 Å². The highest BCUT2D eigenvalue weighted by molar-refractivity contribution is 5.87. The number of carbonyl (C=O) groups excluding carboxylic acids is 2. The molecule has 0 spiro atoms. The Balaban J connectivity index is 1.83. The van der Waals surface area contributed by atoms with Crippen LogP contribution in [0.4, 0.5) is 0 Å². The minimum Gasteiger partial charge on any atom is -0.377 e.